The zero-order valence-corrected chi connectivity index (χ0v) is 14.7. The van der Waals surface area contributed by atoms with Gasteiger partial charge in [0.1, 0.15) is 22.6 Å². The van der Waals surface area contributed by atoms with Gasteiger partial charge in [0.2, 0.25) is 5.95 Å². The number of aromatic nitrogens is 4. The van der Waals surface area contributed by atoms with Crippen molar-refractivity contribution in [2.45, 2.75) is 4.90 Å². The first kappa shape index (κ1) is 16.5. The first-order valence-electron chi connectivity index (χ1n) is 7.38. The number of hydrogen-bond donors (Lipinski definition) is 2. The van der Waals surface area contributed by atoms with Gasteiger partial charge < -0.3 is 5.32 Å². The van der Waals surface area contributed by atoms with Gasteiger partial charge >= 0.3 is 0 Å². The molecule has 0 aliphatic heterocycles. The van der Waals surface area contributed by atoms with Crippen molar-refractivity contribution in [2.75, 3.05) is 5.32 Å². The van der Waals surface area contributed by atoms with Gasteiger partial charge in [0.15, 0.2) is 0 Å². The van der Waals surface area contributed by atoms with Crippen LogP contribution in [0.5, 0.6) is 0 Å². The fourth-order valence-electron chi connectivity index (χ4n) is 2.46. The number of fused-ring (bicyclic) bond motifs is 1. The third-order valence-electron chi connectivity index (χ3n) is 3.56. The number of para-hydroxylation sites is 2. The number of rotatable bonds is 4. The lowest BCUT2D eigenvalue weighted by atomic mass is 10.2. The number of nitrogens with zero attached hydrogens (tertiary/aromatic N) is 4. The minimum Gasteiger partial charge on any atom is -0.322 e. The predicted octanol–water partition coefficient (Wildman–Crippen LogP) is 3.14. The van der Waals surface area contributed by atoms with E-state index in [0.29, 0.717) is 10.6 Å². The summed E-state index contributed by atoms with van der Waals surface area (Å²) in [6.07, 6.45) is 2.56. The van der Waals surface area contributed by atoms with Crippen LogP contribution < -0.4 is 5.32 Å². The highest BCUT2D eigenvalue weighted by Gasteiger charge is 2.21. The van der Waals surface area contributed by atoms with E-state index in [9.17, 15) is 13.0 Å². The van der Waals surface area contributed by atoms with Crippen molar-refractivity contribution in [3.8, 4) is 10.6 Å². The Morgan fingerprint density at radius 3 is 2.50 bits per heavy atom. The number of anilines is 2. The van der Waals surface area contributed by atoms with Gasteiger partial charge in [0.25, 0.3) is 10.1 Å². The van der Waals surface area contributed by atoms with E-state index in [4.69, 9.17) is 0 Å². The fourth-order valence-corrected chi connectivity index (χ4v) is 4.12. The first-order valence-corrected chi connectivity index (χ1v) is 9.63. The van der Waals surface area contributed by atoms with Crippen LogP contribution in [0.2, 0.25) is 0 Å². The standard InChI is InChI=1S/C16H11N5O3S2/c22-26(23,24)13-7-3-4-10(14(13)21-16-18-8-17-9-19-16)15-20-11-5-1-2-6-12(11)25-15/h1-9H,(H,22,23,24)(H,17,18,19,21). The Balaban J connectivity index is 1.93. The van der Waals surface area contributed by atoms with Crippen LogP contribution in [0.1, 0.15) is 0 Å². The van der Waals surface area contributed by atoms with E-state index < -0.39 is 10.1 Å². The van der Waals surface area contributed by atoms with Crippen LogP contribution in [-0.2, 0) is 10.1 Å². The lowest BCUT2D eigenvalue weighted by Gasteiger charge is -2.12. The largest absolute Gasteiger partial charge is 0.322 e. The third-order valence-corrected chi connectivity index (χ3v) is 5.52. The Labute approximate surface area is 152 Å². The smallest absolute Gasteiger partial charge is 0.296 e. The molecule has 26 heavy (non-hydrogen) atoms. The Kier molecular flexibility index (Phi) is 4.07. The molecule has 0 bridgehead atoms. The van der Waals surface area contributed by atoms with E-state index in [2.05, 4.69) is 25.3 Å². The molecule has 0 aliphatic carbocycles. The van der Waals surface area contributed by atoms with Crippen molar-refractivity contribution in [2.24, 2.45) is 0 Å². The van der Waals surface area contributed by atoms with E-state index in [1.54, 1.807) is 12.1 Å². The minimum absolute atomic E-state index is 0.151. The Morgan fingerprint density at radius 1 is 1.00 bits per heavy atom. The maximum absolute atomic E-state index is 11.8. The lowest BCUT2D eigenvalue weighted by Crippen LogP contribution is -2.06. The molecular weight excluding hydrogens is 374 g/mol. The summed E-state index contributed by atoms with van der Waals surface area (Å²) >= 11 is 1.41. The highest BCUT2D eigenvalue weighted by Crippen LogP contribution is 2.38. The maximum atomic E-state index is 11.8. The fraction of sp³-hybridized carbons (Fsp3) is 0. The molecule has 0 unspecified atom stereocenters. The summed E-state index contributed by atoms with van der Waals surface area (Å²) in [6, 6.07) is 12.2. The molecule has 0 amide bonds. The molecule has 10 heteroatoms. The van der Waals surface area contributed by atoms with Crippen LogP contribution in [0, 0.1) is 0 Å². The van der Waals surface area contributed by atoms with E-state index in [1.165, 1.54) is 30.1 Å². The summed E-state index contributed by atoms with van der Waals surface area (Å²) in [6.45, 7) is 0. The first-order chi connectivity index (χ1) is 12.5. The normalized spacial score (nSPS) is 11.6. The zero-order chi connectivity index (χ0) is 18.1. The van der Waals surface area contributed by atoms with Crippen molar-refractivity contribution in [1.82, 2.24) is 19.9 Å². The molecule has 8 nitrogen and oxygen atoms in total. The van der Waals surface area contributed by atoms with Gasteiger partial charge in [-0.3, -0.25) is 4.55 Å². The van der Waals surface area contributed by atoms with E-state index in [1.807, 2.05) is 24.3 Å². The van der Waals surface area contributed by atoms with Gasteiger partial charge in [-0.2, -0.15) is 8.42 Å². The molecule has 2 aromatic carbocycles. The van der Waals surface area contributed by atoms with Crippen LogP contribution in [0.15, 0.2) is 60.0 Å². The van der Waals surface area contributed by atoms with Gasteiger partial charge in [-0.15, -0.1) is 11.3 Å². The molecule has 4 aromatic rings. The second-order valence-electron chi connectivity index (χ2n) is 5.23. The SMILES string of the molecule is O=S(=O)(O)c1cccc(-c2nc3ccccc3s2)c1Nc1ncncn1. The number of benzene rings is 2. The summed E-state index contributed by atoms with van der Waals surface area (Å²) in [4.78, 5) is 15.9. The average molecular weight is 385 g/mol. The van der Waals surface area contributed by atoms with Crippen molar-refractivity contribution >= 4 is 43.3 Å². The molecule has 2 N–H and O–H groups in total. The predicted molar refractivity (Wildman–Crippen MR) is 98.0 cm³/mol. The molecule has 130 valence electrons. The van der Waals surface area contributed by atoms with Crippen LogP contribution in [-0.4, -0.2) is 32.9 Å². The van der Waals surface area contributed by atoms with Crippen LogP contribution in [0.4, 0.5) is 11.6 Å². The van der Waals surface area contributed by atoms with Crippen LogP contribution >= 0.6 is 11.3 Å². The van der Waals surface area contributed by atoms with E-state index in [0.717, 1.165) is 10.2 Å². The zero-order valence-electron chi connectivity index (χ0n) is 13.1. The molecule has 4 rings (SSSR count). The van der Waals surface area contributed by atoms with E-state index >= 15 is 0 Å². The van der Waals surface area contributed by atoms with Crippen molar-refractivity contribution in [1.29, 1.82) is 0 Å². The lowest BCUT2D eigenvalue weighted by molar-refractivity contribution is 0.483. The van der Waals surface area contributed by atoms with Gasteiger partial charge in [0.05, 0.1) is 15.9 Å². The highest BCUT2D eigenvalue weighted by molar-refractivity contribution is 7.86. The Hall–Kier alpha value is -2.95. The monoisotopic (exact) mass is 385 g/mol. The molecule has 0 fully saturated rings. The number of nitrogens with one attached hydrogen (secondary N) is 1. The Bertz CT molecular complexity index is 1160. The van der Waals surface area contributed by atoms with Crippen molar-refractivity contribution in [3.05, 3.63) is 55.1 Å². The molecular formula is C16H11N5O3S2. The minimum atomic E-state index is -4.47. The summed E-state index contributed by atoms with van der Waals surface area (Å²) in [5, 5.41) is 3.46. The molecule has 0 atom stereocenters. The van der Waals surface area contributed by atoms with Crippen LogP contribution in [0.25, 0.3) is 20.8 Å². The molecule has 0 saturated heterocycles. The number of thiazole rings is 1. The molecule has 0 spiro atoms. The molecule has 2 heterocycles. The van der Waals surface area contributed by atoms with Crippen molar-refractivity contribution in [3.63, 3.8) is 0 Å². The van der Waals surface area contributed by atoms with Gasteiger partial charge in [-0.25, -0.2) is 19.9 Å². The molecule has 2 aromatic heterocycles. The topological polar surface area (TPSA) is 118 Å². The quantitative estimate of drug-likeness (QED) is 0.514. The van der Waals surface area contributed by atoms with Crippen LogP contribution in [0.3, 0.4) is 0 Å². The molecule has 0 aliphatic rings. The third kappa shape index (κ3) is 3.12. The molecule has 0 radical (unpaired) electrons. The van der Waals surface area contributed by atoms with Gasteiger partial charge in [0, 0.05) is 5.56 Å². The number of hydrogen-bond acceptors (Lipinski definition) is 8. The van der Waals surface area contributed by atoms with Crippen molar-refractivity contribution < 1.29 is 13.0 Å². The summed E-state index contributed by atoms with van der Waals surface area (Å²) in [5.41, 5.74) is 1.47. The summed E-state index contributed by atoms with van der Waals surface area (Å²) < 4.78 is 34.3. The summed E-state index contributed by atoms with van der Waals surface area (Å²) in [7, 11) is -4.47. The Morgan fingerprint density at radius 2 is 1.77 bits per heavy atom. The highest BCUT2D eigenvalue weighted by atomic mass is 32.2. The molecule has 0 saturated carbocycles. The van der Waals surface area contributed by atoms with E-state index in [-0.39, 0.29) is 16.5 Å². The average Bonchev–Trinajstić information content (AvgIpc) is 3.06. The second kappa shape index (κ2) is 6.41. The second-order valence-corrected chi connectivity index (χ2v) is 7.65. The van der Waals surface area contributed by atoms with Gasteiger partial charge in [-0.05, 0) is 24.3 Å². The summed E-state index contributed by atoms with van der Waals surface area (Å²) in [5.74, 6) is 0.151. The van der Waals surface area contributed by atoms with Gasteiger partial charge in [-0.1, -0.05) is 18.2 Å². The maximum Gasteiger partial charge on any atom is 0.296 e.